The summed E-state index contributed by atoms with van der Waals surface area (Å²) in [4.78, 5) is 11.5. The Hall–Kier alpha value is -0.950. The molecule has 0 atom stereocenters. The summed E-state index contributed by atoms with van der Waals surface area (Å²) in [6.07, 6.45) is -9.24. The van der Waals surface area contributed by atoms with Crippen LogP contribution >= 0.6 is 0 Å². The number of carbonyl (C=O) groups is 1. The second kappa shape index (κ2) is 6.44. The molecule has 0 aromatic rings. The van der Waals surface area contributed by atoms with Crippen LogP contribution in [0.15, 0.2) is 0 Å². The minimum absolute atomic E-state index is 0.193. The van der Waals surface area contributed by atoms with Gasteiger partial charge in [0.1, 0.15) is 5.60 Å². The lowest BCUT2D eigenvalue weighted by Gasteiger charge is -2.35. The van der Waals surface area contributed by atoms with E-state index in [-0.39, 0.29) is 13.3 Å². The van der Waals surface area contributed by atoms with Crippen molar-refractivity contribution in [3.8, 4) is 0 Å². The molecule has 0 fully saturated rings. The molecule has 0 amide bonds. The molecule has 0 aliphatic heterocycles. The highest BCUT2D eigenvalue weighted by molar-refractivity contribution is 5.79. The average molecular weight is 322 g/mol. The fraction of sp³-hybridized carbons (Fsp3) is 0.923. The van der Waals surface area contributed by atoms with Crippen LogP contribution in [0.2, 0.25) is 0 Å². The van der Waals surface area contributed by atoms with E-state index in [1.54, 1.807) is 0 Å². The number of ether oxygens (including phenoxy) is 1. The monoisotopic (exact) mass is 322 g/mol. The number of unbranched alkanes of at least 4 members (excludes halogenated alkanes) is 2. The molecule has 0 rings (SSSR count). The Kier molecular flexibility index (Phi) is 6.15. The lowest BCUT2D eigenvalue weighted by atomic mass is 9.88. The maximum Gasteiger partial charge on any atom is 0.413 e. The molecule has 0 aromatic heterocycles. The third-order valence-corrected chi connectivity index (χ3v) is 3.29. The first-order valence-corrected chi connectivity index (χ1v) is 6.56. The van der Waals surface area contributed by atoms with Crippen LogP contribution in [0.4, 0.5) is 26.3 Å². The van der Waals surface area contributed by atoms with E-state index < -0.39 is 29.3 Å². The molecule has 21 heavy (non-hydrogen) atoms. The van der Waals surface area contributed by atoms with Crippen molar-refractivity contribution < 1.29 is 35.9 Å². The minimum atomic E-state index is -5.78. The van der Waals surface area contributed by atoms with Gasteiger partial charge in [0.2, 0.25) is 0 Å². The Morgan fingerprint density at radius 1 is 0.905 bits per heavy atom. The summed E-state index contributed by atoms with van der Waals surface area (Å²) in [7, 11) is 0. The molecule has 0 radical (unpaired) electrons. The lowest BCUT2D eigenvalue weighted by Crippen LogP contribution is -2.55. The van der Waals surface area contributed by atoms with Crippen LogP contribution in [0.25, 0.3) is 0 Å². The zero-order valence-corrected chi connectivity index (χ0v) is 12.4. The first kappa shape index (κ1) is 20.1. The van der Waals surface area contributed by atoms with Crippen LogP contribution in [0, 0.1) is 5.41 Å². The fourth-order valence-electron chi connectivity index (χ4n) is 1.60. The SMILES string of the molecule is CCCCCC(C)(C)OC(=O)C(C)(C(F)(F)F)C(F)(F)F. The van der Waals surface area contributed by atoms with E-state index in [4.69, 9.17) is 0 Å². The number of rotatable bonds is 6. The summed E-state index contributed by atoms with van der Waals surface area (Å²) in [5.74, 6) is -2.32. The maximum absolute atomic E-state index is 12.7. The molecule has 2 nitrogen and oxygen atoms in total. The summed E-state index contributed by atoms with van der Waals surface area (Å²) in [5, 5.41) is 0. The van der Waals surface area contributed by atoms with Crippen molar-refractivity contribution in [2.75, 3.05) is 0 Å². The van der Waals surface area contributed by atoms with Crippen LogP contribution < -0.4 is 0 Å². The van der Waals surface area contributed by atoms with E-state index in [9.17, 15) is 31.1 Å². The topological polar surface area (TPSA) is 26.3 Å². The van der Waals surface area contributed by atoms with Crippen molar-refractivity contribution >= 4 is 5.97 Å². The average Bonchev–Trinajstić information content (AvgIpc) is 2.24. The van der Waals surface area contributed by atoms with Crippen molar-refractivity contribution in [1.29, 1.82) is 0 Å². The quantitative estimate of drug-likeness (QED) is 0.390. The molecule has 0 spiro atoms. The number of hydrogen-bond acceptors (Lipinski definition) is 2. The number of hydrogen-bond donors (Lipinski definition) is 0. The van der Waals surface area contributed by atoms with Gasteiger partial charge in [-0.2, -0.15) is 26.3 Å². The van der Waals surface area contributed by atoms with Gasteiger partial charge in [-0.15, -0.1) is 0 Å². The van der Waals surface area contributed by atoms with Gasteiger partial charge >= 0.3 is 18.3 Å². The smallest absolute Gasteiger partial charge is 0.413 e. The fourth-order valence-corrected chi connectivity index (χ4v) is 1.60. The van der Waals surface area contributed by atoms with Crippen molar-refractivity contribution in [3.63, 3.8) is 0 Å². The molecule has 0 bridgehead atoms. The highest BCUT2D eigenvalue weighted by Gasteiger charge is 2.73. The van der Waals surface area contributed by atoms with Gasteiger partial charge < -0.3 is 4.74 Å². The van der Waals surface area contributed by atoms with E-state index in [2.05, 4.69) is 4.74 Å². The van der Waals surface area contributed by atoms with E-state index in [0.717, 1.165) is 12.8 Å². The minimum Gasteiger partial charge on any atom is -0.459 e. The molecule has 0 unspecified atom stereocenters. The molecule has 0 aromatic carbocycles. The Morgan fingerprint density at radius 3 is 1.67 bits per heavy atom. The zero-order valence-electron chi connectivity index (χ0n) is 12.4. The highest BCUT2D eigenvalue weighted by atomic mass is 19.4. The van der Waals surface area contributed by atoms with Crippen LogP contribution in [0.5, 0.6) is 0 Å². The van der Waals surface area contributed by atoms with Crippen LogP contribution in [-0.4, -0.2) is 23.9 Å². The maximum atomic E-state index is 12.7. The number of carbonyl (C=O) groups excluding carboxylic acids is 1. The van der Waals surface area contributed by atoms with E-state index in [0.29, 0.717) is 6.42 Å². The highest BCUT2D eigenvalue weighted by Crippen LogP contribution is 2.51. The second-order valence-electron chi connectivity index (χ2n) is 5.73. The van der Waals surface area contributed by atoms with Crippen LogP contribution in [-0.2, 0) is 9.53 Å². The summed E-state index contributed by atoms with van der Waals surface area (Å²) in [5.41, 5.74) is -5.91. The predicted molar refractivity (Wildman–Crippen MR) is 64.5 cm³/mol. The molecule has 126 valence electrons. The summed E-state index contributed by atoms with van der Waals surface area (Å²) >= 11 is 0. The van der Waals surface area contributed by atoms with Crippen molar-refractivity contribution in [3.05, 3.63) is 0 Å². The first-order chi connectivity index (χ1) is 9.19. The molecule has 0 heterocycles. The Labute approximate surface area is 119 Å². The van der Waals surface area contributed by atoms with E-state index in [1.807, 2.05) is 6.92 Å². The van der Waals surface area contributed by atoms with E-state index in [1.165, 1.54) is 13.8 Å². The van der Waals surface area contributed by atoms with Crippen molar-refractivity contribution in [2.45, 2.75) is 71.3 Å². The third kappa shape index (κ3) is 4.78. The van der Waals surface area contributed by atoms with Gasteiger partial charge in [-0.3, -0.25) is 4.79 Å². The van der Waals surface area contributed by atoms with Crippen LogP contribution in [0.1, 0.15) is 53.4 Å². The van der Waals surface area contributed by atoms with Crippen LogP contribution in [0.3, 0.4) is 0 Å². The number of halogens is 6. The Bertz CT molecular complexity index is 343. The number of alkyl halides is 6. The van der Waals surface area contributed by atoms with Crippen molar-refractivity contribution in [1.82, 2.24) is 0 Å². The normalized spacial score (nSPS) is 14.2. The van der Waals surface area contributed by atoms with Gasteiger partial charge in [-0.1, -0.05) is 19.8 Å². The van der Waals surface area contributed by atoms with Gasteiger partial charge in [0.05, 0.1) is 0 Å². The standard InChI is InChI=1S/C13H20F6O2/c1-5-6-7-8-10(2,3)21-9(20)11(4,12(14,15)16)13(17,18)19/h5-8H2,1-4H3. The summed E-state index contributed by atoms with van der Waals surface area (Å²) < 4.78 is 80.8. The molecule has 0 aliphatic carbocycles. The van der Waals surface area contributed by atoms with Crippen molar-refractivity contribution in [2.24, 2.45) is 5.41 Å². The van der Waals surface area contributed by atoms with Gasteiger partial charge in [0.15, 0.2) is 0 Å². The Morgan fingerprint density at radius 2 is 1.33 bits per heavy atom. The predicted octanol–water partition coefficient (Wildman–Crippen LogP) is 5.02. The molecule has 0 aliphatic rings. The first-order valence-electron chi connectivity index (χ1n) is 6.56. The molecular formula is C13H20F6O2. The summed E-state index contributed by atoms with van der Waals surface area (Å²) in [6.45, 7) is 4.29. The van der Waals surface area contributed by atoms with Gasteiger partial charge in [0, 0.05) is 0 Å². The molecule has 0 N–H and O–H groups in total. The Balaban J connectivity index is 5.19. The zero-order chi connectivity index (χ0) is 17.1. The molecule has 0 saturated heterocycles. The molecule has 0 saturated carbocycles. The van der Waals surface area contributed by atoms with Gasteiger partial charge in [-0.25, -0.2) is 0 Å². The van der Waals surface area contributed by atoms with Gasteiger partial charge in [-0.05, 0) is 33.6 Å². The molecular weight excluding hydrogens is 302 g/mol. The molecule has 8 heteroatoms. The number of esters is 1. The van der Waals surface area contributed by atoms with E-state index >= 15 is 0 Å². The largest absolute Gasteiger partial charge is 0.459 e. The lowest BCUT2D eigenvalue weighted by molar-refractivity contribution is -0.328. The third-order valence-electron chi connectivity index (χ3n) is 3.29. The van der Waals surface area contributed by atoms with Gasteiger partial charge in [0.25, 0.3) is 5.41 Å². The summed E-state index contributed by atoms with van der Waals surface area (Å²) in [6, 6.07) is 0. The second-order valence-corrected chi connectivity index (χ2v) is 5.73.